The van der Waals surface area contributed by atoms with Gasteiger partial charge >= 0.3 is 0 Å². The van der Waals surface area contributed by atoms with Crippen molar-refractivity contribution in [3.8, 4) is 0 Å². The van der Waals surface area contributed by atoms with Gasteiger partial charge in [-0.2, -0.15) is 0 Å². The highest BCUT2D eigenvalue weighted by Crippen LogP contribution is 2.30. The van der Waals surface area contributed by atoms with E-state index in [9.17, 15) is 5.11 Å². The number of halogens is 2. The molecule has 1 saturated carbocycles. The van der Waals surface area contributed by atoms with Crippen molar-refractivity contribution < 1.29 is 5.11 Å². The first-order valence-electron chi connectivity index (χ1n) is 5.95. The molecular formula is C13H17BrClNO. The fourth-order valence-corrected chi connectivity index (χ4v) is 3.21. The van der Waals surface area contributed by atoms with Crippen molar-refractivity contribution in [2.75, 3.05) is 6.61 Å². The molecule has 0 aromatic heterocycles. The Bertz CT molecular complexity index is 391. The lowest BCUT2D eigenvalue weighted by Crippen LogP contribution is -2.45. The Hall–Kier alpha value is -0.0900. The zero-order chi connectivity index (χ0) is 12.3. The topological polar surface area (TPSA) is 32.3 Å². The van der Waals surface area contributed by atoms with Crippen LogP contribution < -0.4 is 5.32 Å². The van der Waals surface area contributed by atoms with Crippen LogP contribution in [0.1, 0.15) is 31.2 Å². The molecule has 0 amide bonds. The van der Waals surface area contributed by atoms with E-state index in [1.165, 1.54) is 18.4 Å². The SMILES string of the molecule is OCC1(NCc2ccc(Cl)cc2Br)CCCC1. The fourth-order valence-electron chi connectivity index (χ4n) is 2.39. The standard InChI is InChI=1S/C13H17BrClNO/c14-12-7-11(15)4-3-10(12)8-16-13(9-17)5-1-2-6-13/h3-4,7,16-17H,1-2,5-6,8-9H2. The minimum atomic E-state index is -0.0704. The predicted octanol–water partition coefficient (Wildman–Crippen LogP) is 3.50. The first-order chi connectivity index (χ1) is 8.15. The molecule has 2 N–H and O–H groups in total. The van der Waals surface area contributed by atoms with Gasteiger partial charge in [0, 0.05) is 21.6 Å². The van der Waals surface area contributed by atoms with E-state index in [4.69, 9.17) is 11.6 Å². The van der Waals surface area contributed by atoms with Crippen LogP contribution >= 0.6 is 27.5 Å². The van der Waals surface area contributed by atoms with Crippen LogP contribution in [0.25, 0.3) is 0 Å². The van der Waals surface area contributed by atoms with Crippen molar-refractivity contribution in [3.63, 3.8) is 0 Å². The van der Waals surface area contributed by atoms with Gasteiger partial charge in [-0.15, -0.1) is 0 Å². The lowest BCUT2D eigenvalue weighted by molar-refractivity contribution is 0.163. The van der Waals surface area contributed by atoms with Crippen LogP contribution in [0.15, 0.2) is 22.7 Å². The van der Waals surface area contributed by atoms with E-state index >= 15 is 0 Å². The molecule has 0 atom stereocenters. The Balaban J connectivity index is 2.01. The van der Waals surface area contributed by atoms with E-state index < -0.39 is 0 Å². The summed E-state index contributed by atoms with van der Waals surface area (Å²) in [4.78, 5) is 0. The van der Waals surface area contributed by atoms with Crippen molar-refractivity contribution in [3.05, 3.63) is 33.3 Å². The highest BCUT2D eigenvalue weighted by Gasteiger charge is 2.32. The van der Waals surface area contributed by atoms with Gasteiger partial charge in [0.25, 0.3) is 0 Å². The highest BCUT2D eigenvalue weighted by molar-refractivity contribution is 9.10. The van der Waals surface area contributed by atoms with Gasteiger partial charge < -0.3 is 10.4 Å². The molecule has 1 aliphatic rings. The van der Waals surface area contributed by atoms with E-state index in [2.05, 4.69) is 21.2 Å². The van der Waals surface area contributed by atoms with Crippen LogP contribution in [0.3, 0.4) is 0 Å². The van der Waals surface area contributed by atoms with Crippen LogP contribution in [0.4, 0.5) is 0 Å². The summed E-state index contributed by atoms with van der Waals surface area (Å²) in [6.45, 7) is 0.983. The molecular weight excluding hydrogens is 302 g/mol. The maximum atomic E-state index is 9.51. The summed E-state index contributed by atoms with van der Waals surface area (Å²) in [5, 5.41) is 13.7. The first kappa shape index (κ1) is 13.3. The third-order valence-corrected chi connectivity index (χ3v) is 4.51. The summed E-state index contributed by atoms with van der Waals surface area (Å²) in [6.07, 6.45) is 4.54. The Labute approximate surface area is 115 Å². The van der Waals surface area contributed by atoms with Gasteiger partial charge in [0.1, 0.15) is 0 Å². The molecule has 0 aliphatic heterocycles. The van der Waals surface area contributed by atoms with Crippen LogP contribution in [0.2, 0.25) is 5.02 Å². The lowest BCUT2D eigenvalue weighted by atomic mass is 9.98. The summed E-state index contributed by atoms with van der Waals surface area (Å²) in [6, 6.07) is 5.81. The number of aliphatic hydroxyl groups is 1. The normalized spacial score (nSPS) is 18.5. The second kappa shape index (κ2) is 5.70. The molecule has 0 bridgehead atoms. The van der Waals surface area contributed by atoms with E-state index in [1.807, 2.05) is 18.2 Å². The van der Waals surface area contributed by atoms with Crippen molar-refractivity contribution in [1.82, 2.24) is 5.32 Å². The molecule has 2 rings (SSSR count). The first-order valence-corrected chi connectivity index (χ1v) is 7.12. The smallest absolute Gasteiger partial charge is 0.0613 e. The summed E-state index contributed by atoms with van der Waals surface area (Å²) < 4.78 is 1.02. The summed E-state index contributed by atoms with van der Waals surface area (Å²) >= 11 is 9.42. The van der Waals surface area contributed by atoms with Crippen LogP contribution in [-0.2, 0) is 6.54 Å². The number of rotatable bonds is 4. The zero-order valence-corrected chi connectivity index (χ0v) is 12.0. The minimum Gasteiger partial charge on any atom is -0.394 e. The Morgan fingerprint density at radius 3 is 2.65 bits per heavy atom. The van der Waals surface area contributed by atoms with Gasteiger partial charge in [-0.25, -0.2) is 0 Å². The fraction of sp³-hybridized carbons (Fsp3) is 0.538. The predicted molar refractivity (Wildman–Crippen MR) is 74.3 cm³/mol. The summed E-state index contributed by atoms with van der Waals surface area (Å²) in [7, 11) is 0. The molecule has 0 radical (unpaired) electrons. The molecule has 17 heavy (non-hydrogen) atoms. The minimum absolute atomic E-state index is 0.0704. The highest BCUT2D eigenvalue weighted by atomic mass is 79.9. The Morgan fingerprint density at radius 2 is 2.06 bits per heavy atom. The van der Waals surface area contributed by atoms with E-state index in [0.29, 0.717) is 0 Å². The quantitative estimate of drug-likeness (QED) is 0.890. The summed E-state index contributed by atoms with van der Waals surface area (Å²) in [5.74, 6) is 0. The Kier molecular flexibility index (Phi) is 4.47. The maximum Gasteiger partial charge on any atom is 0.0613 e. The zero-order valence-electron chi connectivity index (χ0n) is 9.68. The Morgan fingerprint density at radius 1 is 1.35 bits per heavy atom. The molecule has 1 aromatic carbocycles. The number of benzene rings is 1. The molecule has 1 aromatic rings. The van der Waals surface area contributed by atoms with Crippen LogP contribution in [0, 0.1) is 0 Å². The third-order valence-electron chi connectivity index (χ3n) is 3.53. The van der Waals surface area contributed by atoms with Crippen molar-refractivity contribution >= 4 is 27.5 Å². The number of hydrogen-bond donors (Lipinski definition) is 2. The molecule has 0 saturated heterocycles. The maximum absolute atomic E-state index is 9.51. The molecule has 0 spiro atoms. The van der Waals surface area contributed by atoms with Crippen molar-refractivity contribution in [2.24, 2.45) is 0 Å². The third kappa shape index (κ3) is 3.22. The molecule has 2 nitrogen and oxygen atoms in total. The number of aliphatic hydroxyl groups excluding tert-OH is 1. The second-order valence-electron chi connectivity index (χ2n) is 4.73. The van der Waals surface area contributed by atoms with Gasteiger partial charge in [0.2, 0.25) is 0 Å². The van der Waals surface area contributed by atoms with Crippen LogP contribution in [-0.4, -0.2) is 17.3 Å². The van der Waals surface area contributed by atoms with Crippen molar-refractivity contribution in [1.29, 1.82) is 0 Å². The van der Waals surface area contributed by atoms with Gasteiger partial charge in [-0.05, 0) is 30.5 Å². The largest absolute Gasteiger partial charge is 0.394 e. The average molecular weight is 319 g/mol. The monoisotopic (exact) mass is 317 g/mol. The molecule has 4 heteroatoms. The molecule has 1 aliphatic carbocycles. The van der Waals surface area contributed by atoms with Gasteiger partial charge in [-0.1, -0.05) is 46.4 Å². The van der Waals surface area contributed by atoms with Crippen molar-refractivity contribution in [2.45, 2.75) is 37.8 Å². The van der Waals surface area contributed by atoms with Crippen LogP contribution in [0.5, 0.6) is 0 Å². The van der Waals surface area contributed by atoms with Gasteiger partial charge in [0.05, 0.1) is 6.61 Å². The summed E-state index contributed by atoms with van der Waals surface area (Å²) in [5.41, 5.74) is 1.10. The second-order valence-corrected chi connectivity index (χ2v) is 6.03. The average Bonchev–Trinajstić information content (AvgIpc) is 2.77. The lowest BCUT2D eigenvalue weighted by Gasteiger charge is -2.28. The molecule has 0 unspecified atom stereocenters. The number of hydrogen-bond acceptors (Lipinski definition) is 2. The van der Waals surface area contributed by atoms with E-state index in [-0.39, 0.29) is 12.1 Å². The number of nitrogens with one attached hydrogen (secondary N) is 1. The molecule has 94 valence electrons. The van der Waals surface area contributed by atoms with E-state index in [0.717, 1.165) is 28.9 Å². The molecule has 1 fully saturated rings. The van der Waals surface area contributed by atoms with Gasteiger partial charge in [-0.3, -0.25) is 0 Å². The van der Waals surface area contributed by atoms with E-state index in [1.54, 1.807) is 0 Å². The van der Waals surface area contributed by atoms with Gasteiger partial charge in [0.15, 0.2) is 0 Å². The molecule has 0 heterocycles.